The molecule has 0 saturated heterocycles. The van der Waals surface area contributed by atoms with E-state index in [9.17, 15) is 8.42 Å². The molecule has 25 heavy (non-hydrogen) atoms. The zero-order chi connectivity index (χ0) is 18.1. The predicted octanol–water partition coefficient (Wildman–Crippen LogP) is 3.32. The third kappa shape index (κ3) is 7.22. The van der Waals surface area contributed by atoms with E-state index in [4.69, 9.17) is 0 Å². The van der Waals surface area contributed by atoms with Gasteiger partial charge in [0.25, 0.3) is 0 Å². The molecule has 0 fully saturated rings. The van der Waals surface area contributed by atoms with E-state index >= 15 is 0 Å². The van der Waals surface area contributed by atoms with E-state index in [1.807, 2.05) is 56.3 Å². The number of hydrogen-bond donors (Lipinski definition) is 2. The minimum Gasteiger partial charge on any atom is -0.309 e. The zero-order valence-corrected chi connectivity index (χ0v) is 15.6. The van der Waals surface area contributed by atoms with Gasteiger partial charge in [0, 0.05) is 19.1 Å². The molecule has 2 aromatic carbocycles. The molecule has 134 valence electrons. The summed E-state index contributed by atoms with van der Waals surface area (Å²) in [4.78, 5) is 0. The lowest BCUT2D eigenvalue weighted by molar-refractivity contribution is 0.568. The summed E-state index contributed by atoms with van der Waals surface area (Å²) in [7, 11) is -3.32. The summed E-state index contributed by atoms with van der Waals surface area (Å²) >= 11 is 0. The average Bonchev–Trinajstić information content (AvgIpc) is 2.55. The van der Waals surface area contributed by atoms with Crippen molar-refractivity contribution in [3.63, 3.8) is 0 Å². The van der Waals surface area contributed by atoms with Crippen LogP contribution in [-0.2, 0) is 22.3 Å². The number of hydrogen-bond acceptors (Lipinski definition) is 3. The van der Waals surface area contributed by atoms with E-state index in [0.29, 0.717) is 6.54 Å². The fourth-order valence-electron chi connectivity index (χ4n) is 2.53. The molecule has 0 atom stereocenters. The maximum absolute atomic E-state index is 12.2. The summed E-state index contributed by atoms with van der Waals surface area (Å²) in [6.45, 7) is 5.00. The number of sulfonamides is 1. The summed E-state index contributed by atoms with van der Waals surface area (Å²) in [6, 6.07) is 17.7. The van der Waals surface area contributed by atoms with Crippen LogP contribution >= 0.6 is 0 Å². The van der Waals surface area contributed by atoms with Crippen molar-refractivity contribution >= 4 is 16.1 Å². The molecule has 4 nitrogen and oxygen atoms in total. The molecule has 0 spiro atoms. The van der Waals surface area contributed by atoms with E-state index in [1.165, 1.54) is 0 Å². The van der Waals surface area contributed by atoms with Crippen molar-refractivity contribution < 1.29 is 8.42 Å². The Bertz CT molecular complexity index is 784. The summed E-state index contributed by atoms with van der Waals surface area (Å²) in [5.74, 6) is 0.00287. The van der Waals surface area contributed by atoms with Crippen LogP contribution in [0.1, 0.15) is 30.5 Å². The van der Waals surface area contributed by atoms with Crippen molar-refractivity contribution in [2.45, 2.75) is 32.2 Å². The Hall–Kier alpha value is -1.95. The van der Waals surface area contributed by atoms with E-state index in [-0.39, 0.29) is 11.8 Å². The number of nitrogens with one attached hydrogen (secondary N) is 2. The van der Waals surface area contributed by atoms with Gasteiger partial charge in [-0.25, -0.2) is 13.1 Å². The molecule has 0 aliphatic carbocycles. The van der Waals surface area contributed by atoms with Crippen molar-refractivity contribution in [1.29, 1.82) is 0 Å². The van der Waals surface area contributed by atoms with E-state index in [2.05, 4.69) is 34.3 Å². The summed E-state index contributed by atoms with van der Waals surface area (Å²) in [5, 5.41) is 3.34. The van der Waals surface area contributed by atoms with Crippen LogP contribution in [-0.4, -0.2) is 21.0 Å². The molecular formula is C20H26N2O2S. The Balaban J connectivity index is 1.91. The van der Waals surface area contributed by atoms with Crippen LogP contribution in [0.5, 0.6) is 0 Å². The molecule has 2 rings (SSSR count). The van der Waals surface area contributed by atoms with Gasteiger partial charge in [-0.3, -0.25) is 0 Å². The minimum absolute atomic E-state index is 0.00287. The quantitative estimate of drug-likeness (QED) is 0.676. The smallest absolute Gasteiger partial charge is 0.216 e. The van der Waals surface area contributed by atoms with Gasteiger partial charge in [0.05, 0.1) is 5.75 Å². The van der Waals surface area contributed by atoms with Gasteiger partial charge in [-0.05, 0) is 30.5 Å². The van der Waals surface area contributed by atoms with Gasteiger partial charge in [-0.1, -0.05) is 66.7 Å². The van der Waals surface area contributed by atoms with Crippen LogP contribution in [0.4, 0.5) is 0 Å². The third-order valence-electron chi connectivity index (χ3n) is 3.57. The third-order valence-corrected chi connectivity index (χ3v) is 5.09. The Morgan fingerprint density at radius 3 is 2.28 bits per heavy atom. The average molecular weight is 359 g/mol. The first-order valence-corrected chi connectivity index (χ1v) is 10.1. The first-order chi connectivity index (χ1) is 12.0. The minimum atomic E-state index is -3.32. The molecule has 2 N–H and O–H groups in total. The second-order valence-corrected chi connectivity index (χ2v) is 8.00. The maximum Gasteiger partial charge on any atom is 0.216 e. The topological polar surface area (TPSA) is 58.2 Å². The molecular weight excluding hydrogens is 332 g/mol. The van der Waals surface area contributed by atoms with Crippen molar-refractivity contribution in [3.8, 4) is 0 Å². The lowest BCUT2D eigenvalue weighted by Crippen LogP contribution is -2.31. The zero-order valence-electron chi connectivity index (χ0n) is 14.8. The van der Waals surface area contributed by atoms with Gasteiger partial charge in [0.2, 0.25) is 10.0 Å². The van der Waals surface area contributed by atoms with Gasteiger partial charge in [-0.15, -0.1) is 0 Å². The second kappa shape index (κ2) is 9.51. The number of benzene rings is 2. The molecule has 0 unspecified atom stereocenters. The van der Waals surface area contributed by atoms with Crippen molar-refractivity contribution in [2.75, 3.05) is 6.54 Å². The predicted molar refractivity (Wildman–Crippen MR) is 105 cm³/mol. The Morgan fingerprint density at radius 1 is 0.960 bits per heavy atom. The summed E-state index contributed by atoms with van der Waals surface area (Å²) in [6.07, 6.45) is 4.13. The highest BCUT2D eigenvalue weighted by Crippen LogP contribution is 2.12. The van der Waals surface area contributed by atoms with Crippen molar-refractivity contribution in [2.24, 2.45) is 0 Å². The first kappa shape index (κ1) is 19.4. The van der Waals surface area contributed by atoms with Crippen LogP contribution < -0.4 is 10.0 Å². The number of rotatable bonds is 9. The van der Waals surface area contributed by atoms with Crippen LogP contribution in [0.15, 0.2) is 60.7 Å². The van der Waals surface area contributed by atoms with Crippen LogP contribution in [0.3, 0.4) is 0 Å². The maximum atomic E-state index is 12.2. The fourth-order valence-corrected chi connectivity index (χ4v) is 4.02. The van der Waals surface area contributed by atoms with Gasteiger partial charge in [0.1, 0.15) is 0 Å². The normalized spacial score (nSPS) is 12.1. The highest BCUT2D eigenvalue weighted by atomic mass is 32.2. The van der Waals surface area contributed by atoms with Gasteiger partial charge >= 0.3 is 0 Å². The fraction of sp³-hybridized carbons (Fsp3) is 0.300. The molecule has 0 aromatic heterocycles. The SMILES string of the molecule is CC(C)NS(=O)(=O)Cc1ccccc1CNC/C=C/c1ccccc1. The lowest BCUT2D eigenvalue weighted by atomic mass is 10.1. The summed E-state index contributed by atoms with van der Waals surface area (Å²) in [5.41, 5.74) is 3.00. The molecule has 0 amide bonds. The summed E-state index contributed by atoms with van der Waals surface area (Å²) < 4.78 is 26.9. The van der Waals surface area contributed by atoms with Crippen molar-refractivity contribution in [3.05, 3.63) is 77.4 Å². The van der Waals surface area contributed by atoms with E-state index < -0.39 is 10.0 Å². The van der Waals surface area contributed by atoms with E-state index in [1.54, 1.807) is 0 Å². The molecule has 0 saturated carbocycles. The van der Waals surface area contributed by atoms with Crippen LogP contribution in [0.2, 0.25) is 0 Å². The monoisotopic (exact) mass is 358 g/mol. The van der Waals surface area contributed by atoms with Gasteiger partial charge in [-0.2, -0.15) is 0 Å². The first-order valence-electron chi connectivity index (χ1n) is 8.45. The highest BCUT2D eigenvalue weighted by molar-refractivity contribution is 7.88. The van der Waals surface area contributed by atoms with Crippen molar-refractivity contribution in [1.82, 2.24) is 10.0 Å². The van der Waals surface area contributed by atoms with Gasteiger partial charge in [0.15, 0.2) is 0 Å². The molecule has 5 heteroatoms. The standard InChI is InChI=1S/C20H26N2O2S/c1-17(2)22-25(23,24)16-20-13-7-6-12-19(20)15-21-14-8-11-18-9-4-3-5-10-18/h3-13,17,21-22H,14-16H2,1-2H3/b11-8+. The van der Waals surface area contributed by atoms with Crippen LogP contribution in [0.25, 0.3) is 6.08 Å². The molecule has 0 aliphatic heterocycles. The molecule has 2 aromatic rings. The Kier molecular flexibility index (Phi) is 7.37. The van der Waals surface area contributed by atoms with Crippen LogP contribution in [0, 0.1) is 0 Å². The molecule has 0 aliphatic rings. The molecule has 0 heterocycles. The van der Waals surface area contributed by atoms with E-state index in [0.717, 1.165) is 23.2 Å². The van der Waals surface area contributed by atoms with Gasteiger partial charge < -0.3 is 5.32 Å². The molecule has 0 bridgehead atoms. The highest BCUT2D eigenvalue weighted by Gasteiger charge is 2.14. The Labute approximate surface area is 151 Å². The Morgan fingerprint density at radius 2 is 1.60 bits per heavy atom. The largest absolute Gasteiger partial charge is 0.309 e. The second-order valence-electron chi connectivity index (χ2n) is 6.24. The lowest BCUT2D eigenvalue weighted by Gasteiger charge is -2.13. The molecule has 0 radical (unpaired) electrons.